The second-order valence-electron chi connectivity index (χ2n) is 4.15. The Balaban J connectivity index is 2.73. The maximum atomic E-state index is 5.77. The van der Waals surface area contributed by atoms with E-state index in [0.717, 1.165) is 17.1 Å². The lowest BCUT2D eigenvalue weighted by Gasteiger charge is -2.26. The zero-order valence-electron chi connectivity index (χ0n) is 10.5. The van der Waals surface area contributed by atoms with E-state index in [1.165, 1.54) is 0 Å². The molecule has 1 aromatic heterocycles. The van der Waals surface area contributed by atoms with Crippen molar-refractivity contribution in [1.82, 2.24) is 4.98 Å². The number of hydrogen-bond acceptors (Lipinski definition) is 4. The van der Waals surface area contributed by atoms with Gasteiger partial charge in [-0.05, 0) is 32.2 Å². The lowest BCUT2D eigenvalue weighted by molar-refractivity contribution is 0.753. The molecule has 0 radical (unpaired) electrons. The first-order valence-corrected chi connectivity index (χ1v) is 6.89. The molecule has 0 saturated heterocycles. The first kappa shape index (κ1) is 13.3. The summed E-state index contributed by atoms with van der Waals surface area (Å²) in [7, 11) is 2.10. The molecule has 2 N–H and O–H groups in total. The average Bonchev–Trinajstić information content (AvgIpc) is 2.28. The van der Waals surface area contributed by atoms with Crippen LogP contribution in [0.5, 0.6) is 0 Å². The molecule has 0 bridgehead atoms. The normalized spacial score (nSPS) is 14.6. The van der Waals surface area contributed by atoms with Crippen molar-refractivity contribution in [2.24, 2.45) is 5.73 Å². The van der Waals surface area contributed by atoms with Crippen molar-refractivity contribution < 1.29 is 0 Å². The van der Waals surface area contributed by atoms with Crippen LogP contribution in [-0.2, 0) is 0 Å². The molecule has 0 aliphatic rings. The van der Waals surface area contributed by atoms with Gasteiger partial charge in [0.2, 0.25) is 0 Å². The van der Waals surface area contributed by atoms with Gasteiger partial charge < -0.3 is 10.6 Å². The standard InChI is InChI=1S/C12H21N3S/c1-9(8-16-4)15(3)11-5-6-12(10(2)13)14-7-11/h5-7,9-10H,8,13H2,1-4H3/t9?,10-/m0/s1. The molecule has 0 amide bonds. The second kappa shape index (κ2) is 6.11. The highest BCUT2D eigenvalue weighted by molar-refractivity contribution is 7.98. The highest BCUT2D eigenvalue weighted by Gasteiger charge is 2.10. The minimum atomic E-state index is 0.00276. The lowest BCUT2D eigenvalue weighted by Crippen LogP contribution is -2.30. The van der Waals surface area contributed by atoms with E-state index in [4.69, 9.17) is 5.73 Å². The number of pyridine rings is 1. The van der Waals surface area contributed by atoms with Gasteiger partial charge in [-0.15, -0.1) is 0 Å². The van der Waals surface area contributed by atoms with E-state index >= 15 is 0 Å². The SMILES string of the molecule is CSCC(C)N(C)c1ccc([C@H](C)N)nc1. The Hall–Kier alpha value is -0.740. The van der Waals surface area contributed by atoms with Crippen LogP contribution >= 0.6 is 11.8 Å². The third-order valence-electron chi connectivity index (χ3n) is 2.71. The summed E-state index contributed by atoms with van der Waals surface area (Å²) in [6.45, 7) is 4.16. The van der Waals surface area contributed by atoms with E-state index in [9.17, 15) is 0 Å². The van der Waals surface area contributed by atoms with Gasteiger partial charge in [-0.25, -0.2) is 0 Å². The Labute approximate surface area is 102 Å². The second-order valence-corrected chi connectivity index (χ2v) is 5.06. The number of thioether (sulfide) groups is 1. The van der Waals surface area contributed by atoms with Crippen molar-refractivity contribution in [1.29, 1.82) is 0 Å². The number of aromatic nitrogens is 1. The van der Waals surface area contributed by atoms with Crippen molar-refractivity contribution in [2.45, 2.75) is 25.9 Å². The summed E-state index contributed by atoms with van der Waals surface area (Å²) in [5.41, 5.74) is 7.85. The highest BCUT2D eigenvalue weighted by Crippen LogP contribution is 2.17. The van der Waals surface area contributed by atoms with Crippen molar-refractivity contribution in [2.75, 3.05) is 24.0 Å². The number of rotatable bonds is 5. The topological polar surface area (TPSA) is 42.1 Å². The molecular formula is C12H21N3S. The summed E-state index contributed by atoms with van der Waals surface area (Å²) < 4.78 is 0. The van der Waals surface area contributed by atoms with Crippen LogP contribution in [0.1, 0.15) is 25.6 Å². The van der Waals surface area contributed by atoms with Crippen LogP contribution in [0, 0.1) is 0 Å². The average molecular weight is 239 g/mol. The summed E-state index contributed by atoms with van der Waals surface area (Å²) in [6, 6.07) is 4.60. The van der Waals surface area contributed by atoms with E-state index in [2.05, 4.69) is 36.2 Å². The predicted octanol–water partition coefficient (Wildman–Crippen LogP) is 2.29. The van der Waals surface area contributed by atoms with E-state index in [1.54, 1.807) is 0 Å². The fraction of sp³-hybridized carbons (Fsp3) is 0.583. The number of anilines is 1. The van der Waals surface area contributed by atoms with Crippen LogP contribution in [-0.4, -0.2) is 30.1 Å². The van der Waals surface area contributed by atoms with Gasteiger partial charge in [0.05, 0.1) is 17.6 Å². The monoisotopic (exact) mass is 239 g/mol. The molecule has 0 spiro atoms. The van der Waals surface area contributed by atoms with Gasteiger partial charge in [-0.2, -0.15) is 11.8 Å². The van der Waals surface area contributed by atoms with Crippen molar-refractivity contribution in [3.63, 3.8) is 0 Å². The Morgan fingerprint density at radius 2 is 2.12 bits per heavy atom. The molecule has 4 heteroatoms. The maximum absolute atomic E-state index is 5.77. The summed E-state index contributed by atoms with van der Waals surface area (Å²) in [5, 5.41) is 0. The van der Waals surface area contributed by atoms with E-state index in [-0.39, 0.29) is 6.04 Å². The molecule has 0 fully saturated rings. The van der Waals surface area contributed by atoms with E-state index in [1.807, 2.05) is 30.9 Å². The molecular weight excluding hydrogens is 218 g/mol. The Morgan fingerprint density at radius 3 is 2.56 bits per heavy atom. The third-order valence-corrected chi connectivity index (χ3v) is 3.53. The lowest BCUT2D eigenvalue weighted by atomic mass is 10.2. The third kappa shape index (κ3) is 3.39. The molecule has 0 aromatic carbocycles. The van der Waals surface area contributed by atoms with Crippen molar-refractivity contribution in [3.8, 4) is 0 Å². The molecule has 3 nitrogen and oxygen atoms in total. The highest BCUT2D eigenvalue weighted by atomic mass is 32.2. The fourth-order valence-corrected chi connectivity index (χ4v) is 2.19. The largest absolute Gasteiger partial charge is 0.370 e. The van der Waals surface area contributed by atoms with Crippen molar-refractivity contribution in [3.05, 3.63) is 24.0 Å². The summed E-state index contributed by atoms with van der Waals surface area (Å²) in [6.07, 6.45) is 4.03. The molecule has 1 aromatic rings. The summed E-state index contributed by atoms with van der Waals surface area (Å²) >= 11 is 1.86. The minimum Gasteiger partial charge on any atom is -0.370 e. The Morgan fingerprint density at radius 1 is 1.44 bits per heavy atom. The molecule has 90 valence electrons. The molecule has 2 atom stereocenters. The van der Waals surface area contributed by atoms with E-state index < -0.39 is 0 Å². The predicted molar refractivity (Wildman–Crippen MR) is 73.1 cm³/mol. The van der Waals surface area contributed by atoms with Gasteiger partial charge >= 0.3 is 0 Å². The molecule has 16 heavy (non-hydrogen) atoms. The maximum Gasteiger partial charge on any atom is 0.0569 e. The van der Waals surface area contributed by atoms with Crippen molar-refractivity contribution >= 4 is 17.4 Å². The zero-order chi connectivity index (χ0) is 12.1. The molecule has 0 aliphatic carbocycles. The summed E-state index contributed by atoms with van der Waals surface area (Å²) in [4.78, 5) is 6.61. The first-order valence-electron chi connectivity index (χ1n) is 5.49. The number of hydrogen-bond donors (Lipinski definition) is 1. The van der Waals surface area contributed by atoms with Crippen LogP contribution < -0.4 is 10.6 Å². The smallest absolute Gasteiger partial charge is 0.0569 e. The molecule has 0 aliphatic heterocycles. The van der Waals surface area contributed by atoms with Gasteiger partial charge in [0.15, 0.2) is 0 Å². The van der Waals surface area contributed by atoms with Gasteiger partial charge in [0.1, 0.15) is 0 Å². The Kier molecular flexibility index (Phi) is 5.09. The Bertz CT molecular complexity index is 311. The quantitative estimate of drug-likeness (QED) is 0.856. The van der Waals surface area contributed by atoms with Crippen LogP contribution in [0.15, 0.2) is 18.3 Å². The first-order chi connectivity index (χ1) is 7.56. The van der Waals surface area contributed by atoms with Crippen LogP contribution in [0.2, 0.25) is 0 Å². The zero-order valence-corrected chi connectivity index (χ0v) is 11.3. The van der Waals surface area contributed by atoms with Crippen LogP contribution in [0.25, 0.3) is 0 Å². The molecule has 1 unspecified atom stereocenters. The molecule has 0 saturated carbocycles. The summed E-state index contributed by atoms with van der Waals surface area (Å²) in [5.74, 6) is 1.12. The van der Waals surface area contributed by atoms with E-state index in [0.29, 0.717) is 6.04 Å². The van der Waals surface area contributed by atoms with Gasteiger partial charge in [0.25, 0.3) is 0 Å². The fourth-order valence-electron chi connectivity index (χ4n) is 1.48. The minimum absolute atomic E-state index is 0.00276. The van der Waals surface area contributed by atoms with Crippen LogP contribution in [0.3, 0.4) is 0 Å². The van der Waals surface area contributed by atoms with Gasteiger partial charge in [-0.3, -0.25) is 4.98 Å². The molecule has 1 rings (SSSR count). The number of nitrogens with zero attached hydrogens (tertiary/aromatic N) is 2. The number of nitrogens with two attached hydrogens (primary N) is 1. The molecule has 1 heterocycles. The van der Waals surface area contributed by atoms with Gasteiger partial charge in [-0.1, -0.05) is 0 Å². The van der Waals surface area contributed by atoms with Crippen LogP contribution in [0.4, 0.5) is 5.69 Å². The van der Waals surface area contributed by atoms with Gasteiger partial charge in [0, 0.05) is 24.9 Å².